The van der Waals surface area contributed by atoms with Crippen LogP contribution >= 0.6 is 0 Å². The zero-order valence-electron chi connectivity index (χ0n) is 22.5. The molecule has 9 nitrogen and oxygen atoms in total. The second-order valence-corrected chi connectivity index (χ2v) is 11.2. The van der Waals surface area contributed by atoms with Crippen LogP contribution in [-0.4, -0.2) is 72.6 Å². The average Bonchev–Trinajstić information content (AvgIpc) is 3.41. The van der Waals surface area contributed by atoms with Crippen molar-refractivity contribution < 1.29 is 24.1 Å². The predicted octanol–water partition coefficient (Wildman–Crippen LogP) is 2.29. The van der Waals surface area contributed by atoms with E-state index in [0.29, 0.717) is 25.1 Å². The molecule has 1 saturated heterocycles. The van der Waals surface area contributed by atoms with Gasteiger partial charge in [-0.3, -0.25) is 5.32 Å². The van der Waals surface area contributed by atoms with Gasteiger partial charge in [0.1, 0.15) is 12.4 Å². The summed E-state index contributed by atoms with van der Waals surface area (Å²) in [6.45, 7) is 3.69. The first-order valence-electron chi connectivity index (χ1n) is 14.4. The fourth-order valence-electron chi connectivity index (χ4n) is 5.84. The van der Waals surface area contributed by atoms with Crippen LogP contribution < -0.4 is 26.6 Å². The molecule has 2 aliphatic heterocycles. The molecule has 2 heterocycles. The maximum absolute atomic E-state index is 14.1. The highest BCUT2D eigenvalue weighted by molar-refractivity contribution is 5.77. The molecule has 10 heteroatoms. The monoisotopic (exact) mass is 535 g/mol. The lowest BCUT2D eigenvalue weighted by molar-refractivity contribution is -0.00488. The minimum Gasteiger partial charge on any atom is -0.396 e. The van der Waals surface area contributed by atoms with Crippen molar-refractivity contribution in [3.8, 4) is 0 Å². The van der Waals surface area contributed by atoms with Gasteiger partial charge in [-0.05, 0) is 82.5 Å². The van der Waals surface area contributed by atoms with Crippen LogP contribution in [0.15, 0.2) is 35.8 Å². The molecule has 0 radical (unpaired) electrons. The van der Waals surface area contributed by atoms with Crippen LogP contribution in [-0.2, 0) is 4.74 Å². The largest absolute Gasteiger partial charge is 0.396 e. The van der Waals surface area contributed by atoms with E-state index in [9.17, 15) is 14.3 Å². The molecule has 0 aromatic carbocycles. The zero-order valence-corrected chi connectivity index (χ0v) is 22.5. The van der Waals surface area contributed by atoms with Crippen LogP contribution in [0.4, 0.5) is 9.18 Å². The fraction of sp³-hybridized carbons (Fsp3) is 0.750. The minimum absolute atomic E-state index is 0.0153. The lowest BCUT2D eigenvalue weighted by atomic mass is 9.93. The molecule has 8 atom stereocenters. The van der Waals surface area contributed by atoms with Crippen LogP contribution in [0, 0.1) is 11.8 Å². The number of hydrogen-bond donors (Lipinski definition) is 7. The number of carbonyl (C=O) groups is 1. The highest BCUT2D eigenvalue weighted by Gasteiger charge is 2.36. The lowest BCUT2D eigenvalue weighted by Gasteiger charge is -2.33. The molecule has 2 aliphatic carbocycles. The van der Waals surface area contributed by atoms with E-state index in [1.54, 1.807) is 0 Å². The number of nitrogens with one attached hydrogen (secondary N) is 5. The molecule has 0 aromatic heterocycles. The van der Waals surface area contributed by atoms with E-state index in [-0.39, 0.29) is 48.8 Å². The Hall–Kier alpha value is -1.98. The van der Waals surface area contributed by atoms with Gasteiger partial charge in [0.2, 0.25) is 0 Å². The Balaban J connectivity index is 1.17. The maximum atomic E-state index is 14.1. The van der Waals surface area contributed by atoms with Crippen LogP contribution in [0.2, 0.25) is 0 Å². The topological polar surface area (TPSA) is 127 Å². The summed E-state index contributed by atoms with van der Waals surface area (Å²) in [7, 11) is 0. The number of hydrogen-bond acceptors (Lipinski definition) is 7. The van der Waals surface area contributed by atoms with Crippen molar-refractivity contribution in [3.05, 3.63) is 35.8 Å². The van der Waals surface area contributed by atoms with E-state index in [1.165, 1.54) is 0 Å². The lowest BCUT2D eigenvalue weighted by Crippen LogP contribution is -2.47. The van der Waals surface area contributed by atoms with Crippen molar-refractivity contribution >= 4 is 6.03 Å². The molecule has 0 aromatic rings. The van der Waals surface area contributed by atoms with Crippen LogP contribution in [0.5, 0.6) is 0 Å². The number of aliphatic hydroxyl groups is 2. The van der Waals surface area contributed by atoms with E-state index in [0.717, 1.165) is 57.2 Å². The Morgan fingerprint density at radius 2 is 2.08 bits per heavy atom. The predicted molar refractivity (Wildman–Crippen MR) is 145 cm³/mol. The van der Waals surface area contributed by atoms with E-state index >= 15 is 0 Å². The van der Waals surface area contributed by atoms with Gasteiger partial charge in [0.05, 0.1) is 12.2 Å². The summed E-state index contributed by atoms with van der Waals surface area (Å²) >= 11 is 0. The summed E-state index contributed by atoms with van der Waals surface area (Å²) in [5.41, 5.74) is 1.23. The van der Waals surface area contributed by atoms with Crippen molar-refractivity contribution in [1.29, 1.82) is 0 Å². The van der Waals surface area contributed by atoms with Gasteiger partial charge in [-0.2, -0.15) is 0 Å². The minimum atomic E-state index is -1.11. The Morgan fingerprint density at radius 3 is 2.87 bits per heavy atom. The molecule has 2 amide bonds. The number of alkyl halides is 1. The second kappa shape index (κ2) is 14.4. The first-order chi connectivity index (χ1) is 18.4. The fourth-order valence-corrected chi connectivity index (χ4v) is 5.84. The molecule has 1 unspecified atom stereocenters. The molecule has 1 fully saturated rings. The molecule has 4 aliphatic rings. The number of unbranched alkanes of at least 4 members (excludes halogenated alkanes) is 1. The number of amides is 2. The van der Waals surface area contributed by atoms with Crippen molar-refractivity contribution in [1.82, 2.24) is 26.6 Å². The van der Waals surface area contributed by atoms with Crippen LogP contribution in [0.3, 0.4) is 0 Å². The van der Waals surface area contributed by atoms with Crippen LogP contribution in [0.1, 0.15) is 64.7 Å². The van der Waals surface area contributed by atoms with Gasteiger partial charge in [-0.15, -0.1) is 0 Å². The number of aliphatic hydroxyl groups excluding tert-OH is 2. The highest BCUT2D eigenvalue weighted by atomic mass is 19.1. The van der Waals surface area contributed by atoms with E-state index in [1.807, 2.05) is 25.3 Å². The summed E-state index contributed by atoms with van der Waals surface area (Å²) in [6.07, 6.45) is 13.2. The molecule has 0 bridgehead atoms. The second-order valence-electron chi connectivity index (χ2n) is 11.2. The van der Waals surface area contributed by atoms with Gasteiger partial charge in [0, 0.05) is 42.5 Å². The van der Waals surface area contributed by atoms with Gasteiger partial charge in [-0.25, -0.2) is 9.18 Å². The van der Waals surface area contributed by atoms with Crippen molar-refractivity contribution in [3.63, 3.8) is 0 Å². The number of rotatable bonds is 11. The Morgan fingerprint density at radius 1 is 1.21 bits per heavy atom. The Kier molecular flexibility index (Phi) is 11.0. The van der Waals surface area contributed by atoms with Gasteiger partial charge in [0.15, 0.2) is 0 Å². The van der Waals surface area contributed by atoms with Crippen LogP contribution in [0.25, 0.3) is 0 Å². The number of urea groups is 1. The molecule has 0 saturated carbocycles. The molecule has 0 spiro atoms. The molecular formula is C28H46FN5O4. The molecule has 38 heavy (non-hydrogen) atoms. The number of halogens is 1. The van der Waals surface area contributed by atoms with Crippen molar-refractivity contribution in [2.45, 2.75) is 101 Å². The van der Waals surface area contributed by atoms with Gasteiger partial charge >= 0.3 is 6.03 Å². The average molecular weight is 536 g/mol. The molecule has 7 N–H and O–H groups in total. The third kappa shape index (κ3) is 8.51. The Bertz CT molecular complexity index is 868. The van der Waals surface area contributed by atoms with E-state index < -0.39 is 12.4 Å². The standard InChI is InChI=1S/C28H46FN5O4/c1-18-4-9-23(29)24(14-18)34-28(37)33-20-5-7-21(8-6-20)38-22-10-12-30-26(16-22)25-15-19(17-32-25)27(36)31-11-2-3-13-35/h5,10,12,14,18-19,21-23,25-27,30-32,35-36H,2-4,6-9,11,13,15-17H2,1H3,(H2,33,34,37)/t18-,19?,21-,22-,23+,25-,26+,27-/m1/s1. The Labute approximate surface area is 225 Å². The highest BCUT2D eigenvalue weighted by Crippen LogP contribution is 2.27. The van der Waals surface area contributed by atoms with Gasteiger partial charge < -0.3 is 36.2 Å². The number of carbonyl (C=O) groups excluding carboxylic acids is 1. The van der Waals surface area contributed by atoms with Gasteiger partial charge in [0.25, 0.3) is 0 Å². The summed E-state index contributed by atoms with van der Waals surface area (Å²) in [5, 5.41) is 35.2. The third-order valence-electron chi connectivity index (χ3n) is 8.12. The summed E-state index contributed by atoms with van der Waals surface area (Å²) in [5.74, 6) is 0.427. The van der Waals surface area contributed by atoms with E-state index in [4.69, 9.17) is 9.84 Å². The molecule has 214 valence electrons. The SMILES string of the molecule is C[C@H]1C=C(NC(=O)NC2=CC[C@@H](O[C@@H]3C=CN[C@H]([C@H]4CC([C@@H](O)NCCCCO)CN4)C3)CC2)[C@@H](F)CC1. The molecular weight excluding hydrogens is 489 g/mol. The smallest absolute Gasteiger partial charge is 0.323 e. The van der Waals surface area contributed by atoms with Gasteiger partial charge in [-0.1, -0.05) is 19.1 Å². The first kappa shape index (κ1) is 29.0. The summed E-state index contributed by atoms with van der Waals surface area (Å²) in [6, 6.07) is 0.111. The first-order valence-corrected chi connectivity index (χ1v) is 14.4. The number of ether oxygens (including phenoxy) is 1. The normalized spacial score (nSPS) is 34.2. The quantitative estimate of drug-likeness (QED) is 0.160. The van der Waals surface area contributed by atoms with E-state index in [2.05, 4.69) is 32.7 Å². The third-order valence-corrected chi connectivity index (χ3v) is 8.12. The van der Waals surface area contributed by atoms with Crippen molar-refractivity contribution in [2.75, 3.05) is 19.7 Å². The maximum Gasteiger partial charge on any atom is 0.323 e. The molecule has 4 rings (SSSR count). The zero-order chi connectivity index (χ0) is 26.9. The summed E-state index contributed by atoms with van der Waals surface area (Å²) < 4.78 is 20.5. The summed E-state index contributed by atoms with van der Waals surface area (Å²) in [4.78, 5) is 12.4. The van der Waals surface area contributed by atoms with Crippen molar-refractivity contribution in [2.24, 2.45) is 11.8 Å². The number of allylic oxidation sites excluding steroid dienone is 3.